The van der Waals surface area contributed by atoms with Crippen molar-refractivity contribution in [2.75, 3.05) is 7.05 Å². The van der Waals surface area contributed by atoms with E-state index in [1.54, 1.807) is 19.2 Å². The van der Waals surface area contributed by atoms with Crippen molar-refractivity contribution in [2.45, 2.75) is 6.92 Å². The summed E-state index contributed by atoms with van der Waals surface area (Å²) in [5.74, 6) is 0.0230. The maximum atomic E-state index is 11.2. The van der Waals surface area contributed by atoms with Gasteiger partial charge in [-0.1, -0.05) is 25.2 Å². The van der Waals surface area contributed by atoms with Gasteiger partial charge in [0, 0.05) is 18.8 Å². The number of hydrogen-bond acceptors (Lipinski definition) is 2. The van der Waals surface area contributed by atoms with Crippen molar-refractivity contribution in [3.05, 3.63) is 36.5 Å². The number of rotatable bonds is 5. The lowest BCUT2D eigenvalue weighted by Crippen LogP contribution is -2.19. The number of nitrogens with one attached hydrogen (secondary N) is 2. The lowest BCUT2D eigenvalue weighted by molar-refractivity contribution is -0.116. The lowest BCUT2D eigenvalue weighted by atomic mass is 10.1. The van der Waals surface area contributed by atoms with Crippen LogP contribution in [0.1, 0.15) is 6.92 Å². The van der Waals surface area contributed by atoms with Gasteiger partial charge in [-0.05, 0) is 12.0 Å². The minimum atomic E-state index is -0.194. The molecule has 2 N–H and O–H groups in total. The molecule has 3 nitrogen and oxygen atoms in total. The Balaban J connectivity index is 4.61. The first-order valence-electron chi connectivity index (χ1n) is 4.39. The molecule has 1 unspecified atom stereocenters. The number of carbonyl (C=O) groups excluding carboxylic acids is 1. The zero-order chi connectivity index (χ0) is 11.0. The van der Waals surface area contributed by atoms with E-state index >= 15 is 0 Å². The molecule has 0 radical (unpaired) electrons. The van der Waals surface area contributed by atoms with Crippen LogP contribution in [0.25, 0.3) is 0 Å². The molecule has 0 aliphatic rings. The molecule has 0 bridgehead atoms. The Bertz CT molecular complexity index is 277. The summed E-state index contributed by atoms with van der Waals surface area (Å²) in [7, 11) is 1.56. The van der Waals surface area contributed by atoms with E-state index in [0.29, 0.717) is 5.57 Å². The van der Waals surface area contributed by atoms with Gasteiger partial charge < -0.3 is 10.7 Å². The van der Waals surface area contributed by atoms with E-state index in [9.17, 15) is 4.79 Å². The van der Waals surface area contributed by atoms with Crippen molar-refractivity contribution in [3.63, 3.8) is 0 Å². The zero-order valence-electron chi connectivity index (χ0n) is 8.58. The van der Waals surface area contributed by atoms with Crippen LogP contribution < -0.4 is 5.32 Å². The van der Waals surface area contributed by atoms with Crippen molar-refractivity contribution in [3.8, 4) is 0 Å². The van der Waals surface area contributed by atoms with E-state index in [1.165, 1.54) is 6.08 Å². The number of carbonyl (C=O) groups is 1. The van der Waals surface area contributed by atoms with Crippen LogP contribution in [0, 0.1) is 11.3 Å². The first-order chi connectivity index (χ1) is 6.65. The van der Waals surface area contributed by atoms with Crippen molar-refractivity contribution >= 4 is 12.1 Å². The van der Waals surface area contributed by atoms with E-state index in [2.05, 4.69) is 11.9 Å². The number of amides is 1. The third kappa shape index (κ3) is 4.40. The predicted molar refractivity (Wildman–Crippen MR) is 59.4 cm³/mol. The summed E-state index contributed by atoms with van der Waals surface area (Å²) in [6.45, 7) is 5.60. The molecule has 76 valence electrons. The number of allylic oxidation sites excluding steroid dienone is 3. The van der Waals surface area contributed by atoms with Crippen LogP contribution in [0.3, 0.4) is 0 Å². The summed E-state index contributed by atoms with van der Waals surface area (Å²) in [4.78, 5) is 11.2. The molecule has 0 rings (SSSR count). The van der Waals surface area contributed by atoms with Gasteiger partial charge in [-0.3, -0.25) is 4.79 Å². The van der Waals surface area contributed by atoms with Crippen LogP contribution in [0.2, 0.25) is 0 Å². The summed E-state index contributed by atoms with van der Waals surface area (Å²) < 4.78 is 0. The second-order valence-electron chi connectivity index (χ2n) is 2.82. The molecule has 3 heteroatoms. The molecule has 0 fully saturated rings. The second kappa shape index (κ2) is 6.83. The summed E-state index contributed by atoms with van der Waals surface area (Å²) in [6.07, 6.45) is 7.87. The monoisotopic (exact) mass is 192 g/mol. The Labute approximate surface area is 84.7 Å². The molecule has 0 spiro atoms. The Kier molecular flexibility index (Phi) is 6.03. The van der Waals surface area contributed by atoms with Gasteiger partial charge in [-0.15, -0.1) is 6.58 Å². The quantitative estimate of drug-likeness (QED) is 0.296. The summed E-state index contributed by atoms with van der Waals surface area (Å²) in [5, 5.41) is 9.40. The number of likely N-dealkylation sites (N-methyl/N-ethyl adjacent to an activating group) is 1. The minimum absolute atomic E-state index is 0.194. The van der Waals surface area contributed by atoms with Gasteiger partial charge in [0.15, 0.2) is 0 Å². The Morgan fingerprint density at radius 2 is 2.21 bits per heavy atom. The Hall–Kier alpha value is -1.64. The molecule has 0 saturated carbocycles. The highest BCUT2D eigenvalue weighted by atomic mass is 16.1. The molecular weight excluding hydrogens is 176 g/mol. The van der Waals surface area contributed by atoms with Crippen LogP contribution >= 0.6 is 0 Å². The summed E-state index contributed by atoms with van der Waals surface area (Å²) >= 11 is 0. The minimum Gasteiger partial charge on any atom is -0.355 e. The predicted octanol–water partition coefficient (Wildman–Crippen LogP) is 1.69. The zero-order valence-corrected chi connectivity index (χ0v) is 8.58. The molecule has 0 aromatic rings. The third-order valence-corrected chi connectivity index (χ3v) is 1.70. The van der Waals surface area contributed by atoms with Crippen LogP contribution in [0.5, 0.6) is 0 Å². The molecule has 1 amide bonds. The molecule has 0 aromatic carbocycles. The maximum absolute atomic E-state index is 11.2. The van der Waals surface area contributed by atoms with E-state index < -0.39 is 0 Å². The van der Waals surface area contributed by atoms with Gasteiger partial charge >= 0.3 is 0 Å². The normalized spacial score (nSPS) is 13.7. The first kappa shape index (κ1) is 12.4. The molecule has 0 aromatic heterocycles. The second-order valence-corrected chi connectivity index (χ2v) is 2.82. The van der Waals surface area contributed by atoms with E-state index in [1.807, 2.05) is 13.0 Å². The molecule has 0 aliphatic carbocycles. The van der Waals surface area contributed by atoms with Gasteiger partial charge in [0.25, 0.3) is 5.91 Å². The SMILES string of the molecule is C=CC(C)/C=C\C(=C/C=N)C(=O)NC. The molecule has 1 atom stereocenters. The van der Waals surface area contributed by atoms with Gasteiger partial charge in [-0.2, -0.15) is 0 Å². The van der Waals surface area contributed by atoms with E-state index in [0.717, 1.165) is 6.21 Å². The number of hydrogen-bond donors (Lipinski definition) is 2. The molecule has 14 heavy (non-hydrogen) atoms. The topological polar surface area (TPSA) is 53.0 Å². The molecular formula is C11H16N2O. The fourth-order valence-electron chi connectivity index (χ4n) is 0.775. The average molecular weight is 192 g/mol. The van der Waals surface area contributed by atoms with Crippen molar-refractivity contribution in [1.29, 1.82) is 5.41 Å². The molecule has 0 heterocycles. The van der Waals surface area contributed by atoms with Crippen molar-refractivity contribution in [2.24, 2.45) is 5.92 Å². The van der Waals surface area contributed by atoms with Gasteiger partial charge in [-0.25, -0.2) is 0 Å². The van der Waals surface area contributed by atoms with Crippen LogP contribution in [-0.2, 0) is 4.79 Å². The lowest BCUT2D eigenvalue weighted by Gasteiger charge is -2.00. The fraction of sp³-hybridized carbons (Fsp3) is 0.273. The standard InChI is InChI=1S/C11H16N2O/c1-4-9(2)5-6-10(7-8-12)11(14)13-3/h4-9,12H,1H2,2-3H3,(H,13,14)/b6-5-,10-7+,12-8?. The van der Waals surface area contributed by atoms with Gasteiger partial charge in [0.2, 0.25) is 0 Å². The third-order valence-electron chi connectivity index (χ3n) is 1.70. The fourth-order valence-corrected chi connectivity index (χ4v) is 0.775. The van der Waals surface area contributed by atoms with Crippen LogP contribution in [-0.4, -0.2) is 19.2 Å². The van der Waals surface area contributed by atoms with Crippen LogP contribution in [0.15, 0.2) is 36.5 Å². The summed E-state index contributed by atoms with van der Waals surface area (Å²) in [5.41, 5.74) is 0.469. The average Bonchev–Trinajstić information content (AvgIpc) is 2.22. The maximum Gasteiger partial charge on any atom is 0.251 e. The highest BCUT2D eigenvalue weighted by Crippen LogP contribution is 2.02. The highest BCUT2D eigenvalue weighted by Gasteiger charge is 2.01. The van der Waals surface area contributed by atoms with Crippen molar-refractivity contribution < 1.29 is 4.79 Å². The van der Waals surface area contributed by atoms with Gasteiger partial charge in [0.1, 0.15) is 0 Å². The van der Waals surface area contributed by atoms with Crippen LogP contribution in [0.4, 0.5) is 0 Å². The van der Waals surface area contributed by atoms with E-state index in [4.69, 9.17) is 5.41 Å². The Morgan fingerprint density at radius 1 is 1.57 bits per heavy atom. The summed E-state index contributed by atoms with van der Waals surface area (Å²) in [6, 6.07) is 0. The van der Waals surface area contributed by atoms with E-state index in [-0.39, 0.29) is 11.8 Å². The molecule has 0 aliphatic heterocycles. The largest absolute Gasteiger partial charge is 0.355 e. The Morgan fingerprint density at radius 3 is 2.64 bits per heavy atom. The van der Waals surface area contributed by atoms with Crippen molar-refractivity contribution in [1.82, 2.24) is 5.32 Å². The van der Waals surface area contributed by atoms with Gasteiger partial charge in [0.05, 0.1) is 0 Å². The molecule has 0 saturated heterocycles. The first-order valence-corrected chi connectivity index (χ1v) is 4.39. The highest BCUT2D eigenvalue weighted by molar-refractivity contribution is 5.99. The smallest absolute Gasteiger partial charge is 0.251 e.